The van der Waals surface area contributed by atoms with Crippen molar-refractivity contribution >= 4 is 57.6 Å². The second-order valence-corrected chi connectivity index (χ2v) is 6.44. The van der Waals surface area contributed by atoms with Gasteiger partial charge in [-0.2, -0.15) is 0 Å². The lowest BCUT2D eigenvalue weighted by Crippen LogP contribution is -2.01. The molecule has 0 unspecified atom stereocenters. The topological polar surface area (TPSA) is 43.4 Å². The van der Waals surface area contributed by atoms with Gasteiger partial charge in [-0.05, 0) is 48.2 Å². The van der Waals surface area contributed by atoms with Crippen molar-refractivity contribution in [3.63, 3.8) is 0 Å². The number of carbonyl (C=O) groups is 2. The van der Waals surface area contributed by atoms with Gasteiger partial charge in [0.15, 0.2) is 0 Å². The molecule has 0 aromatic heterocycles. The molecular formula is C15H9Cl3O3S. The molecule has 0 heterocycles. The summed E-state index contributed by atoms with van der Waals surface area (Å²) in [7, 11) is 0. The third-order valence-corrected chi connectivity index (χ3v) is 4.65. The van der Waals surface area contributed by atoms with Crippen LogP contribution in [0.4, 0.5) is 0 Å². The lowest BCUT2D eigenvalue weighted by Gasteiger charge is -2.06. The molecule has 2 aromatic rings. The molecule has 0 saturated heterocycles. The molecule has 0 bridgehead atoms. The van der Waals surface area contributed by atoms with Crippen LogP contribution in [-0.2, 0) is 4.79 Å². The predicted octanol–water partition coefficient (Wildman–Crippen LogP) is 5.50. The standard InChI is InChI=1S/C15H9Cl3O3S/c1-8(19)21-10-4-2-9(3-5-10)15(20)22-14-7-12(17)11(16)6-13(14)18/h2-7H,1H3. The molecule has 7 heteroatoms. The number of hydrogen-bond donors (Lipinski definition) is 0. The van der Waals surface area contributed by atoms with Crippen molar-refractivity contribution in [2.24, 2.45) is 0 Å². The Morgan fingerprint density at radius 2 is 1.55 bits per heavy atom. The molecule has 2 rings (SSSR count). The number of carbonyl (C=O) groups excluding carboxylic acids is 2. The maximum absolute atomic E-state index is 12.2. The molecule has 0 spiro atoms. The van der Waals surface area contributed by atoms with Gasteiger partial charge in [-0.3, -0.25) is 9.59 Å². The van der Waals surface area contributed by atoms with Gasteiger partial charge in [-0.15, -0.1) is 0 Å². The molecule has 3 nitrogen and oxygen atoms in total. The number of ether oxygens (including phenoxy) is 1. The van der Waals surface area contributed by atoms with Crippen LogP contribution in [0.3, 0.4) is 0 Å². The number of benzene rings is 2. The van der Waals surface area contributed by atoms with E-state index in [2.05, 4.69) is 0 Å². The van der Waals surface area contributed by atoms with Crippen LogP contribution in [0.2, 0.25) is 15.1 Å². The van der Waals surface area contributed by atoms with Gasteiger partial charge in [0.25, 0.3) is 0 Å². The van der Waals surface area contributed by atoms with Crippen molar-refractivity contribution in [2.45, 2.75) is 11.8 Å². The highest BCUT2D eigenvalue weighted by atomic mass is 35.5. The zero-order chi connectivity index (χ0) is 16.3. The van der Waals surface area contributed by atoms with E-state index in [1.807, 2.05) is 0 Å². The van der Waals surface area contributed by atoms with E-state index in [1.165, 1.54) is 13.0 Å². The molecular weight excluding hydrogens is 367 g/mol. The van der Waals surface area contributed by atoms with Gasteiger partial charge in [0, 0.05) is 17.4 Å². The Morgan fingerprint density at radius 3 is 2.14 bits per heavy atom. The van der Waals surface area contributed by atoms with Crippen LogP contribution in [0.25, 0.3) is 0 Å². The Balaban J connectivity index is 2.15. The van der Waals surface area contributed by atoms with Crippen molar-refractivity contribution in [2.75, 3.05) is 0 Å². The molecule has 0 aliphatic carbocycles. The predicted molar refractivity (Wildman–Crippen MR) is 89.4 cm³/mol. The van der Waals surface area contributed by atoms with Gasteiger partial charge in [0.05, 0.1) is 15.1 Å². The molecule has 22 heavy (non-hydrogen) atoms. The maximum atomic E-state index is 12.2. The smallest absolute Gasteiger partial charge is 0.308 e. The number of thioether (sulfide) groups is 1. The largest absolute Gasteiger partial charge is 0.427 e. The van der Waals surface area contributed by atoms with Crippen molar-refractivity contribution in [1.82, 2.24) is 0 Å². The third-order valence-electron chi connectivity index (χ3n) is 2.53. The third kappa shape index (κ3) is 4.40. The average molecular weight is 376 g/mol. The fourth-order valence-corrected chi connectivity index (χ4v) is 3.08. The van der Waals surface area contributed by atoms with Gasteiger partial charge in [0.2, 0.25) is 5.12 Å². The summed E-state index contributed by atoms with van der Waals surface area (Å²) in [5, 5.41) is 0.791. The summed E-state index contributed by atoms with van der Waals surface area (Å²) >= 11 is 18.8. The van der Waals surface area contributed by atoms with Crippen LogP contribution in [0, 0.1) is 0 Å². The summed E-state index contributed by atoms with van der Waals surface area (Å²) in [6, 6.07) is 9.27. The molecule has 0 atom stereocenters. The fourth-order valence-electron chi connectivity index (χ4n) is 1.57. The van der Waals surface area contributed by atoms with Gasteiger partial charge in [0.1, 0.15) is 5.75 Å². The SMILES string of the molecule is CC(=O)Oc1ccc(C(=O)Sc2cc(Cl)c(Cl)cc2Cl)cc1. The minimum atomic E-state index is -0.420. The number of hydrogen-bond acceptors (Lipinski definition) is 4. The second kappa shape index (κ2) is 7.38. The first-order chi connectivity index (χ1) is 10.4. The van der Waals surface area contributed by atoms with Crippen molar-refractivity contribution in [3.8, 4) is 5.75 Å². The van der Waals surface area contributed by atoms with Crippen molar-refractivity contribution in [1.29, 1.82) is 0 Å². The number of esters is 1. The summed E-state index contributed by atoms with van der Waals surface area (Å²) in [5.74, 6) is -0.0438. The summed E-state index contributed by atoms with van der Waals surface area (Å²) < 4.78 is 4.90. The first kappa shape index (κ1) is 17.2. The zero-order valence-corrected chi connectivity index (χ0v) is 14.3. The van der Waals surface area contributed by atoms with Crippen LogP contribution >= 0.6 is 46.6 Å². The van der Waals surface area contributed by atoms with E-state index in [9.17, 15) is 9.59 Å². The highest BCUT2D eigenvalue weighted by Crippen LogP contribution is 2.36. The first-order valence-electron chi connectivity index (χ1n) is 6.02. The fraction of sp³-hybridized carbons (Fsp3) is 0.0667. The van der Waals surface area contributed by atoms with Crippen LogP contribution in [-0.4, -0.2) is 11.1 Å². The van der Waals surface area contributed by atoms with E-state index >= 15 is 0 Å². The van der Waals surface area contributed by atoms with Crippen molar-refractivity contribution < 1.29 is 14.3 Å². The molecule has 2 aromatic carbocycles. The van der Waals surface area contributed by atoms with Crippen molar-refractivity contribution in [3.05, 3.63) is 57.0 Å². The lowest BCUT2D eigenvalue weighted by atomic mass is 10.2. The minimum Gasteiger partial charge on any atom is -0.427 e. The molecule has 0 fully saturated rings. The summed E-state index contributed by atoms with van der Waals surface area (Å²) in [4.78, 5) is 23.6. The highest BCUT2D eigenvalue weighted by molar-refractivity contribution is 8.14. The Bertz CT molecular complexity index is 730. The van der Waals surface area contributed by atoms with Crippen LogP contribution in [0.5, 0.6) is 5.75 Å². The summed E-state index contributed by atoms with van der Waals surface area (Å²) in [6.07, 6.45) is 0. The molecule has 0 aliphatic heterocycles. The van der Waals surface area contributed by atoms with Gasteiger partial charge >= 0.3 is 5.97 Å². The maximum Gasteiger partial charge on any atom is 0.308 e. The van der Waals surface area contributed by atoms with E-state index in [-0.39, 0.29) is 5.12 Å². The second-order valence-electron chi connectivity index (χ2n) is 4.20. The van der Waals surface area contributed by atoms with E-state index in [1.54, 1.807) is 30.3 Å². The van der Waals surface area contributed by atoms with Crippen LogP contribution in [0.15, 0.2) is 41.3 Å². The Hall–Kier alpha value is -1.20. The monoisotopic (exact) mass is 374 g/mol. The molecule has 0 amide bonds. The van der Waals surface area contributed by atoms with E-state index < -0.39 is 5.97 Å². The minimum absolute atomic E-state index is 0.213. The lowest BCUT2D eigenvalue weighted by molar-refractivity contribution is -0.131. The molecule has 0 aliphatic rings. The van der Waals surface area contributed by atoms with E-state index in [4.69, 9.17) is 39.5 Å². The molecule has 0 N–H and O–H groups in total. The average Bonchev–Trinajstić information content (AvgIpc) is 2.44. The van der Waals surface area contributed by atoms with E-state index in [0.29, 0.717) is 31.3 Å². The zero-order valence-electron chi connectivity index (χ0n) is 11.2. The van der Waals surface area contributed by atoms with Crippen LogP contribution < -0.4 is 4.74 Å². The highest BCUT2D eigenvalue weighted by Gasteiger charge is 2.13. The first-order valence-corrected chi connectivity index (χ1v) is 7.97. The van der Waals surface area contributed by atoms with E-state index in [0.717, 1.165) is 11.8 Å². The number of halogens is 3. The summed E-state index contributed by atoms with van der Waals surface area (Å²) in [5.41, 5.74) is 0.447. The summed E-state index contributed by atoms with van der Waals surface area (Å²) in [6.45, 7) is 1.31. The normalized spacial score (nSPS) is 10.4. The number of rotatable bonds is 3. The Morgan fingerprint density at radius 1 is 0.955 bits per heavy atom. The van der Waals surface area contributed by atoms with Crippen LogP contribution in [0.1, 0.15) is 17.3 Å². The van der Waals surface area contributed by atoms with Gasteiger partial charge in [-0.25, -0.2) is 0 Å². The molecule has 114 valence electrons. The van der Waals surface area contributed by atoms with Gasteiger partial charge in [-0.1, -0.05) is 34.8 Å². The Labute approximate surface area is 146 Å². The quantitative estimate of drug-likeness (QED) is 0.307. The molecule has 0 radical (unpaired) electrons. The van der Waals surface area contributed by atoms with Gasteiger partial charge < -0.3 is 4.74 Å². The Kier molecular flexibility index (Phi) is 5.75. The molecule has 0 saturated carbocycles.